The standard InChI is InChI=1S/C14H28N4O2/c1-9(11(3)17-19)15-13-7-5-6-8-14(13)16-10(2)12(4)18-20/h9-16H,5-8H2,1-4H3. The summed E-state index contributed by atoms with van der Waals surface area (Å²) in [5.74, 6) is 0. The molecule has 1 saturated carbocycles. The van der Waals surface area contributed by atoms with Gasteiger partial charge in [-0.1, -0.05) is 23.2 Å². The maximum absolute atomic E-state index is 10.6. The molecule has 1 aliphatic rings. The summed E-state index contributed by atoms with van der Waals surface area (Å²) < 4.78 is 0. The second kappa shape index (κ2) is 8.42. The molecule has 0 radical (unpaired) electrons. The lowest BCUT2D eigenvalue weighted by molar-refractivity contribution is 0.239. The molecule has 0 bridgehead atoms. The van der Waals surface area contributed by atoms with Gasteiger partial charge in [0.1, 0.15) is 12.1 Å². The van der Waals surface area contributed by atoms with Crippen molar-refractivity contribution in [2.75, 3.05) is 0 Å². The second-order valence-electron chi connectivity index (χ2n) is 6.10. The Morgan fingerprint density at radius 2 is 1.15 bits per heavy atom. The monoisotopic (exact) mass is 284 g/mol. The van der Waals surface area contributed by atoms with Crippen LogP contribution in [0, 0.1) is 9.81 Å². The lowest BCUT2D eigenvalue weighted by Gasteiger charge is -2.37. The average Bonchev–Trinajstić information content (AvgIpc) is 2.47. The van der Waals surface area contributed by atoms with Gasteiger partial charge >= 0.3 is 0 Å². The van der Waals surface area contributed by atoms with E-state index in [1.54, 1.807) is 0 Å². The van der Waals surface area contributed by atoms with E-state index in [1.165, 1.54) is 12.8 Å². The van der Waals surface area contributed by atoms with Crippen LogP contribution in [0.1, 0.15) is 53.4 Å². The minimum Gasteiger partial charge on any atom is -0.308 e. The number of nitroso groups, excluding NO2 is 2. The van der Waals surface area contributed by atoms with E-state index >= 15 is 0 Å². The molecule has 1 aliphatic carbocycles. The Balaban J connectivity index is 2.57. The molecular formula is C14H28N4O2. The SMILES string of the molecule is CC(N=O)C(C)NC1CCCCC1NC(C)C(C)N=O. The molecule has 1 rings (SSSR count). The van der Waals surface area contributed by atoms with E-state index in [0.717, 1.165) is 12.8 Å². The molecule has 6 heteroatoms. The van der Waals surface area contributed by atoms with E-state index in [2.05, 4.69) is 21.0 Å². The summed E-state index contributed by atoms with van der Waals surface area (Å²) in [6.07, 6.45) is 4.56. The van der Waals surface area contributed by atoms with Gasteiger partial charge in [-0.05, 0) is 40.5 Å². The van der Waals surface area contributed by atoms with Crippen LogP contribution in [0.2, 0.25) is 0 Å². The molecule has 0 heterocycles. The van der Waals surface area contributed by atoms with Crippen molar-refractivity contribution in [1.82, 2.24) is 10.6 Å². The first-order chi connectivity index (χ1) is 9.49. The minimum absolute atomic E-state index is 0.0665. The number of rotatable bonds is 8. The van der Waals surface area contributed by atoms with Crippen LogP contribution in [0.3, 0.4) is 0 Å². The molecule has 0 aromatic rings. The molecule has 1 fully saturated rings. The van der Waals surface area contributed by atoms with Crippen LogP contribution in [0.5, 0.6) is 0 Å². The van der Waals surface area contributed by atoms with Crippen LogP contribution in [0.15, 0.2) is 10.4 Å². The van der Waals surface area contributed by atoms with Crippen LogP contribution in [-0.2, 0) is 0 Å². The zero-order valence-corrected chi connectivity index (χ0v) is 13.0. The predicted molar refractivity (Wildman–Crippen MR) is 81.8 cm³/mol. The van der Waals surface area contributed by atoms with Crippen LogP contribution < -0.4 is 10.6 Å². The van der Waals surface area contributed by atoms with Crippen molar-refractivity contribution in [3.05, 3.63) is 9.81 Å². The fraction of sp³-hybridized carbons (Fsp3) is 1.00. The fourth-order valence-corrected chi connectivity index (χ4v) is 2.67. The van der Waals surface area contributed by atoms with Gasteiger partial charge in [0.15, 0.2) is 0 Å². The highest BCUT2D eigenvalue weighted by Crippen LogP contribution is 2.20. The van der Waals surface area contributed by atoms with Gasteiger partial charge in [0, 0.05) is 24.2 Å². The van der Waals surface area contributed by atoms with E-state index in [1.807, 2.05) is 27.7 Å². The van der Waals surface area contributed by atoms with Gasteiger partial charge in [0.25, 0.3) is 0 Å². The van der Waals surface area contributed by atoms with Crippen molar-refractivity contribution in [1.29, 1.82) is 0 Å². The highest BCUT2D eigenvalue weighted by Gasteiger charge is 2.29. The van der Waals surface area contributed by atoms with E-state index < -0.39 is 0 Å². The number of nitrogens with zero attached hydrogens (tertiary/aromatic N) is 2. The van der Waals surface area contributed by atoms with E-state index in [-0.39, 0.29) is 24.2 Å². The molecule has 0 aromatic carbocycles. The Morgan fingerprint density at radius 1 is 0.800 bits per heavy atom. The molecule has 0 aliphatic heterocycles. The molecule has 0 spiro atoms. The smallest absolute Gasteiger partial charge is 0.104 e. The van der Waals surface area contributed by atoms with Crippen molar-refractivity contribution in [2.45, 2.75) is 89.6 Å². The zero-order chi connectivity index (χ0) is 15.1. The molecular weight excluding hydrogens is 256 g/mol. The first-order valence-corrected chi connectivity index (χ1v) is 7.66. The van der Waals surface area contributed by atoms with Crippen molar-refractivity contribution in [3.63, 3.8) is 0 Å². The summed E-state index contributed by atoms with van der Waals surface area (Å²) >= 11 is 0. The molecule has 0 saturated heterocycles. The van der Waals surface area contributed by atoms with Gasteiger partial charge in [0.05, 0.1) is 0 Å². The van der Waals surface area contributed by atoms with Crippen LogP contribution in [0.4, 0.5) is 0 Å². The van der Waals surface area contributed by atoms with Gasteiger partial charge in [-0.3, -0.25) is 0 Å². The Morgan fingerprint density at radius 3 is 1.45 bits per heavy atom. The quantitative estimate of drug-likeness (QED) is 0.671. The summed E-state index contributed by atoms with van der Waals surface area (Å²) in [7, 11) is 0. The molecule has 20 heavy (non-hydrogen) atoms. The summed E-state index contributed by atoms with van der Waals surface area (Å²) in [4.78, 5) is 21.2. The second-order valence-corrected chi connectivity index (χ2v) is 6.10. The van der Waals surface area contributed by atoms with Crippen LogP contribution in [0.25, 0.3) is 0 Å². The topological polar surface area (TPSA) is 82.9 Å². The van der Waals surface area contributed by atoms with Crippen LogP contribution >= 0.6 is 0 Å². The molecule has 2 N–H and O–H groups in total. The molecule has 0 aromatic heterocycles. The fourth-order valence-electron chi connectivity index (χ4n) is 2.67. The van der Waals surface area contributed by atoms with Gasteiger partial charge in [-0.15, -0.1) is 0 Å². The van der Waals surface area contributed by atoms with Crippen molar-refractivity contribution >= 4 is 0 Å². The largest absolute Gasteiger partial charge is 0.308 e. The van der Waals surface area contributed by atoms with E-state index in [0.29, 0.717) is 12.1 Å². The van der Waals surface area contributed by atoms with Crippen molar-refractivity contribution < 1.29 is 0 Å². The maximum atomic E-state index is 10.6. The molecule has 116 valence electrons. The van der Waals surface area contributed by atoms with Crippen molar-refractivity contribution in [2.24, 2.45) is 10.4 Å². The van der Waals surface area contributed by atoms with Gasteiger partial charge in [-0.2, -0.15) is 9.81 Å². The lowest BCUT2D eigenvalue weighted by atomic mass is 9.88. The lowest BCUT2D eigenvalue weighted by Crippen LogP contribution is -2.56. The third-order valence-corrected chi connectivity index (χ3v) is 4.50. The highest BCUT2D eigenvalue weighted by molar-refractivity contribution is 4.92. The first-order valence-electron chi connectivity index (χ1n) is 7.66. The van der Waals surface area contributed by atoms with Gasteiger partial charge < -0.3 is 10.6 Å². The summed E-state index contributed by atoms with van der Waals surface area (Å²) in [6.45, 7) is 7.65. The number of nitrogens with one attached hydrogen (secondary N) is 2. The molecule has 6 nitrogen and oxygen atoms in total. The maximum Gasteiger partial charge on any atom is 0.104 e. The summed E-state index contributed by atoms with van der Waals surface area (Å²) in [5.41, 5.74) is 0. The van der Waals surface area contributed by atoms with Gasteiger partial charge in [-0.25, -0.2) is 0 Å². The summed E-state index contributed by atoms with van der Waals surface area (Å²) in [6, 6.07) is 0.318. The highest BCUT2D eigenvalue weighted by atomic mass is 16.3. The predicted octanol–water partition coefficient (Wildman–Crippen LogP) is 2.56. The third-order valence-electron chi connectivity index (χ3n) is 4.50. The average molecular weight is 284 g/mol. The Hall–Kier alpha value is -0.880. The zero-order valence-electron chi connectivity index (χ0n) is 13.0. The van der Waals surface area contributed by atoms with Gasteiger partial charge in [0.2, 0.25) is 0 Å². The minimum atomic E-state index is -0.231. The van der Waals surface area contributed by atoms with Crippen molar-refractivity contribution in [3.8, 4) is 0 Å². The van der Waals surface area contributed by atoms with E-state index in [9.17, 15) is 9.81 Å². The molecule has 6 unspecified atom stereocenters. The Bertz CT molecular complexity index is 284. The summed E-state index contributed by atoms with van der Waals surface area (Å²) in [5, 5.41) is 13.2. The molecule has 0 amide bonds. The normalized spacial score (nSPS) is 29.2. The Kier molecular flexibility index (Phi) is 7.23. The van der Waals surface area contributed by atoms with Crippen LogP contribution in [-0.4, -0.2) is 36.3 Å². The number of hydrogen-bond donors (Lipinski definition) is 2. The van der Waals surface area contributed by atoms with E-state index in [4.69, 9.17) is 0 Å². The Labute approximate surface area is 121 Å². The third kappa shape index (κ3) is 4.90. The molecule has 6 atom stereocenters. The first kappa shape index (κ1) is 17.2. The number of hydrogen-bond acceptors (Lipinski definition) is 6.